The number of para-hydroxylation sites is 1. The van der Waals surface area contributed by atoms with Gasteiger partial charge in [0.2, 0.25) is 0 Å². The SMILES string of the molecule is Cc1cn[nH]c1NC(=O)c1cccc(F)c1N. The molecule has 0 saturated carbocycles. The minimum absolute atomic E-state index is 0.0963. The molecule has 0 radical (unpaired) electrons. The van der Waals surface area contributed by atoms with E-state index in [-0.39, 0.29) is 11.3 Å². The van der Waals surface area contributed by atoms with E-state index in [1.165, 1.54) is 18.2 Å². The Morgan fingerprint density at radius 3 is 2.94 bits per heavy atom. The number of hydrogen-bond acceptors (Lipinski definition) is 3. The average Bonchev–Trinajstić information content (AvgIpc) is 2.68. The molecule has 0 atom stereocenters. The molecule has 6 heteroatoms. The number of H-pyrrole nitrogens is 1. The van der Waals surface area contributed by atoms with Gasteiger partial charge in [0, 0.05) is 5.56 Å². The molecule has 0 saturated heterocycles. The standard InChI is InChI=1S/C11H11FN4O/c1-6-5-14-16-10(6)15-11(17)7-3-2-4-8(12)9(7)13/h2-5H,13H2,1H3,(H2,14,15,16,17). The number of carbonyl (C=O) groups excluding carboxylic acids is 1. The maximum absolute atomic E-state index is 13.2. The summed E-state index contributed by atoms with van der Waals surface area (Å²) in [4.78, 5) is 11.8. The first-order valence-electron chi connectivity index (χ1n) is 4.95. The van der Waals surface area contributed by atoms with Crippen molar-refractivity contribution in [2.45, 2.75) is 6.92 Å². The summed E-state index contributed by atoms with van der Waals surface area (Å²) in [6.45, 7) is 1.79. The second-order valence-electron chi connectivity index (χ2n) is 3.58. The molecular formula is C11H11FN4O. The number of carbonyl (C=O) groups is 1. The van der Waals surface area contributed by atoms with Crippen molar-refractivity contribution in [3.63, 3.8) is 0 Å². The summed E-state index contributed by atoms with van der Waals surface area (Å²) in [5, 5.41) is 8.96. The molecule has 1 aromatic heterocycles. The number of rotatable bonds is 2. The number of aryl methyl sites for hydroxylation is 1. The maximum Gasteiger partial charge on any atom is 0.259 e. The quantitative estimate of drug-likeness (QED) is 0.691. The van der Waals surface area contributed by atoms with Crippen LogP contribution in [0.1, 0.15) is 15.9 Å². The van der Waals surface area contributed by atoms with Crippen molar-refractivity contribution in [1.29, 1.82) is 0 Å². The van der Waals surface area contributed by atoms with E-state index in [4.69, 9.17) is 5.73 Å². The molecule has 1 aromatic carbocycles. The average molecular weight is 234 g/mol. The third-order valence-electron chi connectivity index (χ3n) is 2.36. The van der Waals surface area contributed by atoms with Crippen LogP contribution in [0.15, 0.2) is 24.4 Å². The first-order valence-corrected chi connectivity index (χ1v) is 4.95. The third-order valence-corrected chi connectivity index (χ3v) is 2.36. The fourth-order valence-electron chi connectivity index (χ4n) is 1.39. The van der Waals surface area contributed by atoms with E-state index >= 15 is 0 Å². The van der Waals surface area contributed by atoms with Gasteiger partial charge in [-0.25, -0.2) is 4.39 Å². The Hall–Kier alpha value is -2.37. The van der Waals surface area contributed by atoms with Gasteiger partial charge in [0.1, 0.15) is 11.6 Å². The lowest BCUT2D eigenvalue weighted by Crippen LogP contribution is -2.15. The largest absolute Gasteiger partial charge is 0.396 e. The molecule has 0 aliphatic rings. The van der Waals surface area contributed by atoms with Gasteiger partial charge in [-0.05, 0) is 19.1 Å². The number of nitrogens with one attached hydrogen (secondary N) is 2. The number of amides is 1. The zero-order valence-corrected chi connectivity index (χ0v) is 9.12. The first kappa shape index (κ1) is 11.1. The van der Waals surface area contributed by atoms with Gasteiger partial charge in [-0.1, -0.05) is 6.07 Å². The van der Waals surface area contributed by atoms with Crippen molar-refractivity contribution in [1.82, 2.24) is 10.2 Å². The number of benzene rings is 1. The highest BCUT2D eigenvalue weighted by Gasteiger charge is 2.14. The van der Waals surface area contributed by atoms with Gasteiger partial charge in [-0.2, -0.15) is 5.10 Å². The number of nitrogen functional groups attached to an aromatic ring is 1. The van der Waals surface area contributed by atoms with Gasteiger partial charge in [-0.3, -0.25) is 9.89 Å². The molecule has 5 nitrogen and oxygen atoms in total. The van der Waals surface area contributed by atoms with E-state index in [1.54, 1.807) is 13.1 Å². The number of nitrogens with two attached hydrogens (primary N) is 1. The Kier molecular flexibility index (Phi) is 2.78. The van der Waals surface area contributed by atoms with Crippen LogP contribution in [-0.4, -0.2) is 16.1 Å². The molecule has 2 aromatic rings. The fraction of sp³-hybridized carbons (Fsp3) is 0.0909. The lowest BCUT2D eigenvalue weighted by molar-refractivity contribution is 0.102. The minimum atomic E-state index is -0.612. The molecule has 1 heterocycles. The Morgan fingerprint density at radius 1 is 1.53 bits per heavy atom. The number of halogens is 1. The van der Waals surface area contributed by atoms with Crippen LogP contribution in [0, 0.1) is 12.7 Å². The lowest BCUT2D eigenvalue weighted by Gasteiger charge is -2.06. The minimum Gasteiger partial charge on any atom is -0.396 e. The molecule has 17 heavy (non-hydrogen) atoms. The van der Waals surface area contributed by atoms with Crippen LogP contribution in [0.5, 0.6) is 0 Å². The van der Waals surface area contributed by atoms with Crippen molar-refractivity contribution in [2.24, 2.45) is 0 Å². The molecule has 0 aliphatic heterocycles. The van der Waals surface area contributed by atoms with Crippen LogP contribution in [-0.2, 0) is 0 Å². The van der Waals surface area contributed by atoms with Gasteiger partial charge in [0.05, 0.1) is 17.4 Å². The molecule has 0 unspecified atom stereocenters. The van der Waals surface area contributed by atoms with Gasteiger partial charge in [-0.15, -0.1) is 0 Å². The van der Waals surface area contributed by atoms with Crippen molar-refractivity contribution < 1.29 is 9.18 Å². The van der Waals surface area contributed by atoms with Crippen molar-refractivity contribution >= 4 is 17.4 Å². The van der Waals surface area contributed by atoms with Crippen LogP contribution in [0.3, 0.4) is 0 Å². The highest BCUT2D eigenvalue weighted by atomic mass is 19.1. The molecule has 0 aliphatic carbocycles. The number of aromatic amines is 1. The Morgan fingerprint density at radius 2 is 2.29 bits per heavy atom. The highest BCUT2D eigenvalue weighted by Crippen LogP contribution is 2.18. The predicted octanol–water partition coefficient (Wildman–Crippen LogP) is 1.69. The smallest absolute Gasteiger partial charge is 0.259 e. The van der Waals surface area contributed by atoms with Crippen LogP contribution < -0.4 is 11.1 Å². The van der Waals surface area contributed by atoms with E-state index in [0.717, 1.165) is 5.56 Å². The topological polar surface area (TPSA) is 83.8 Å². The number of hydrogen-bond donors (Lipinski definition) is 3. The summed E-state index contributed by atoms with van der Waals surface area (Å²) in [5.41, 5.74) is 6.21. The zero-order chi connectivity index (χ0) is 12.4. The normalized spacial score (nSPS) is 10.2. The van der Waals surface area contributed by atoms with E-state index in [2.05, 4.69) is 15.5 Å². The summed E-state index contributed by atoms with van der Waals surface area (Å²) in [7, 11) is 0. The van der Waals surface area contributed by atoms with Crippen molar-refractivity contribution in [2.75, 3.05) is 11.1 Å². The number of nitrogens with zero attached hydrogens (tertiary/aromatic N) is 1. The molecule has 4 N–H and O–H groups in total. The number of anilines is 2. The highest BCUT2D eigenvalue weighted by molar-refractivity contribution is 6.07. The van der Waals surface area contributed by atoms with E-state index in [9.17, 15) is 9.18 Å². The van der Waals surface area contributed by atoms with Gasteiger partial charge >= 0.3 is 0 Å². The van der Waals surface area contributed by atoms with E-state index in [0.29, 0.717) is 5.82 Å². The van der Waals surface area contributed by atoms with Crippen LogP contribution in [0.4, 0.5) is 15.9 Å². The van der Waals surface area contributed by atoms with E-state index in [1.807, 2.05) is 0 Å². The summed E-state index contributed by atoms with van der Waals surface area (Å²) in [5.74, 6) is -0.619. The van der Waals surface area contributed by atoms with Crippen LogP contribution >= 0.6 is 0 Å². The molecule has 1 amide bonds. The Balaban J connectivity index is 2.27. The monoisotopic (exact) mass is 234 g/mol. The lowest BCUT2D eigenvalue weighted by atomic mass is 10.1. The predicted molar refractivity (Wildman–Crippen MR) is 62.1 cm³/mol. The van der Waals surface area contributed by atoms with Gasteiger partial charge in [0.25, 0.3) is 5.91 Å². The zero-order valence-electron chi connectivity index (χ0n) is 9.12. The molecule has 0 fully saturated rings. The Bertz CT molecular complexity index is 564. The van der Waals surface area contributed by atoms with Gasteiger partial charge in [0.15, 0.2) is 0 Å². The molecule has 2 rings (SSSR count). The summed E-state index contributed by atoms with van der Waals surface area (Å²) < 4.78 is 13.2. The maximum atomic E-state index is 13.2. The van der Waals surface area contributed by atoms with E-state index < -0.39 is 11.7 Å². The molecule has 88 valence electrons. The Labute approximate surface area is 96.8 Å². The first-order chi connectivity index (χ1) is 8.09. The third kappa shape index (κ3) is 2.10. The molecular weight excluding hydrogens is 223 g/mol. The fourth-order valence-corrected chi connectivity index (χ4v) is 1.39. The second-order valence-corrected chi connectivity index (χ2v) is 3.58. The second kappa shape index (κ2) is 4.25. The van der Waals surface area contributed by atoms with Crippen LogP contribution in [0.25, 0.3) is 0 Å². The molecule has 0 bridgehead atoms. The van der Waals surface area contributed by atoms with Gasteiger partial charge < -0.3 is 11.1 Å². The van der Waals surface area contributed by atoms with Crippen molar-refractivity contribution in [3.8, 4) is 0 Å². The molecule has 0 spiro atoms. The summed E-state index contributed by atoms with van der Waals surface area (Å²) in [6.07, 6.45) is 1.57. The van der Waals surface area contributed by atoms with Crippen molar-refractivity contribution in [3.05, 3.63) is 41.3 Å². The summed E-state index contributed by atoms with van der Waals surface area (Å²) >= 11 is 0. The summed E-state index contributed by atoms with van der Waals surface area (Å²) in [6, 6.07) is 4.09. The van der Waals surface area contributed by atoms with Crippen LogP contribution in [0.2, 0.25) is 0 Å². The number of aromatic nitrogens is 2.